The van der Waals surface area contributed by atoms with E-state index in [1.807, 2.05) is 55.5 Å². The van der Waals surface area contributed by atoms with Crippen molar-refractivity contribution < 1.29 is 19.0 Å². The van der Waals surface area contributed by atoms with E-state index in [1.54, 1.807) is 0 Å². The van der Waals surface area contributed by atoms with Gasteiger partial charge in [0.25, 0.3) is 0 Å². The van der Waals surface area contributed by atoms with Crippen LogP contribution in [0.25, 0.3) is 0 Å². The molecule has 0 saturated carbocycles. The molecular weight excluding hydrogens is 396 g/mol. The van der Waals surface area contributed by atoms with Gasteiger partial charge in [-0.05, 0) is 37.6 Å². The molecule has 0 fully saturated rings. The molecule has 0 saturated heterocycles. The molecule has 0 aliphatic carbocycles. The van der Waals surface area contributed by atoms with Gasteiger partial charge in [-0.3, -0.25) is 4.79 Å². The van der Waals surface area contributed by atoms with Gasteiger partial charge >= 0.3 is 0 Å². The quantitative estimate of drug-likeness (QED) is 0.324. The van der Waals surface area contributed by atoms with Crippen molar-refractivity contribution >= 4 is 17.6 Å². The molecule has 3 N–H and O–H groups in total. The highest BCUT2D eigenvalue weighted by Crippen LogP contribution is 2.32. The predicted molar refractivity (Wildman–Crippen MR) is 121 cm³/mol. The molecule has 0 bridgehead atoms. The number of nitrogens with zero attached hydrogens (tertiary/aromatic N) is 1. The third-order valence-electron chi connectivity index (χ3n) is 4.39. The summed E-state index contributed by atoms with van der Waals surface area (Å²) in [5.41, 5.74) is 0.798. The minimum absolute atomic E-state index is 0.0360. The predicted octanol–water partition coefficient (Wildman–Crippen LogP) is 2.81. The number of carbonyl (C=O) groups excluding carboxylic acids is 1. The van der Waals surface area contributed by atoms with Crippen LogP contribution in [0.15, 0.2) is 53.5 Å². The van der Waals surface area contributed by atoms with Crippen LogP contribution in [-0.2, 0) is 4.79 Å². The van der Waals surface area contributed by atoms with Crippen molar-refractivity contribution in [2.24, 2.45) is 4.99 Å². The minimum atomic E-state index is -0.130. The first-order chi connectivity index (χ1) is 15.2. The van der Waals surface area contributed by atoms with E-state index >= 15 is 0 Å². The first-order valence-electron chi connectivity index (χ1n) is 10.6. The van der Waals surface area contributed by atoms with Gasteiger partial charge in [0, 0.05) is 31.3 Å². The lowest BCUT2D eigenvalue weighted by Crippen LogP contribution is -2.34. The van der Waals surface area contributed by atoms with Crippen LogP contribution >= 0.6 is 0 Å². The molecular formula is C23H30N4O4. The van der Waals surface area contributed by atoms with Gasteiger partial charge in [-0.15, -0.1) is 0 Å². The van der Waals surface area contributed by atoms with E-state index in [4.69, 9.17) is 14.2 Å². The van der Waals surface area contributed by atoms with Crippen molar-refractivity contribution in [3.8, 4) is 17.2 Å². The second-order valence-electron chi connectivity index (χ2n) is 6.90. The second kappa shape index (κ2) is 12.3. The molecule has 0 spiro atoms. The van der Waals surface area contributed by atoms with Gasteiger partial charge in [-0.2, -0.15) is 0 Å². The summed E-state index contributed by atoms with van der Waals surface area (Å²) >= 11 is 0. The molecule has 8 heteroatoms. The number of nitrogens with one attached hydrogen (secondary N) is 3. The molecule has 1 heterocycles. The Labute approximate surface area is 183 Å². The van der Waals surface area contributed by atoms with Crippen molar-refractivity contribution in [3.05, 3.63) is 48.5 Å². The molecule has 1 aliphatic heterocycles. The first-order valence-corrected chi connectivity index (χ1v) is 10.6. The lowest BCUT2D eigenvalue weighted by Gasteiger charge is -2.15. The number of hydrogen-bond acceptors (Lipinski definition) is 5. The number of rotatable bonds is 9. The van der Waals surface area contributed by atoms with Crippen LogP contribution < -0.4 is 30.2 Å². The van der Waals surface area contributed by atoms with Gasteiger partial charge in [0.15, 0.2) is 17.5 Å². The molecule has 0 atom stereocenters. The Hall–Kier alpha value is -3.42. The zero-order chi connectivity index (χ0) is 21.7. The summed E-state index contributed by atoms with van der Waals surface area (Å²) in [6.45, 7) is 4.96. The Morgan fingerprint density at radius 3 is 2.68 bits per heavy atom. The number of amides is 1. The first kappa shape index (κ1) is 22.3. The summed E-state index contributed by atoms with van der Waals surface area (Å²) in [5, 5.41) is 9.24. The van der Waals surface area contributed by atoms with Gasteiger partial charge in [-0.25, -0.2) is 4.99 Å². The monoisotopic (exact) mass is 426 g/mol. The van der Waals surface area contributed by atoms with Gasteiger partial charge in [0.05, 0.1) is 19.8 Å². The average molecular weight is 427 g/mol. The van der Waals surface area contributed by atoms with Crippen LogP contribution in [0, 0.1) is 0 Å². The SMILES string of the molecule is CCNC(=O)CN=C(NCCCOc1ccccc1)Nc1ccc2c(c1)OCCCO2. The van der Waals surface area contributed by atoms with Crippen LogP contribution in [0.4, 0.5) is 5.69 Å². The van der Waals surface area contributed by atoms with Crippen molar-refractivity contribution in [1.29, 1.82) is 0 Å². The maximum absolute atomic E-state index is 11.8. The molecule has 31 heavy (non-hydrogen) atoms. The number of aliphatic imine (C=N–C) groups is 1. The van der Waals surface area contributed by atoms with Crippen molar-refractivity contribution in [2.45, 2.75) is 19.8 Å². The molecule has 3 rings (SSSR count). The third kappa shape index (κ3) is 7.73. The van der Waals surface area contributed by atoms with Crippen molar-refractivity contribution in [1.82, 2.24) is 10.6 Å². The van der Waals surface area contributed by atoms with E-state index in [9.17, 15) is 4.79 Å². The highest BCUT2D eigenvalue weighted by molar-refractivity contribution is 5.95. The number of fused-ring (bicyclic) bond motifs is 1. The maximum Gasteiger partial charge on any atom is 0.241 e. The van der Waals surface area contributed by atoms with Crippen molar-refractivity contribution in [3.63, 3.8) is 0 Å². The van der Waals surface area contributed by atoms with Crippen LogP contribution in [0.2, 0.25) is 0 Å². The highest BCUT2D eigenvalue weighted by atomic mass is 16.5. The molecule has 8 nitrogen and oxygen atoms in total. The van der Waals surface area contributed by atoms with E-state index in [0.29, 0.717) is 44.6 Å². The van der Waals surface area contributed by atoms with Gasteiger partial charge in [0.1, 0.15) is 12.3 Å². The van der Waals surface area contributed by atoms with Crippen LogP contribution in [0.3, 0.4) is 0 Å². The zero-order valence-electron chi connectivity index (χ0n) is 17.9. The van der Waals surface area contributed by atoms with E-state index in [2.05, 4.69) is 20.9 Å². The molecule has 2 aromatic rings. The van der Waals surface area contributed by atoms with Crippen LogP contribution in [0.5, 0.6) is 17.2 Å². The summed E-state index contributed by atoms with van der Waals surface area (Å²) in [7, 11) is 0. The third-order valence-corrected chi connectivity index (χ3v) is 4.39. The van der Waals surface area contributed by atoms with Crippen LogP contribution in [0.1, 0.15) is 19.8 Å². The standard InChI is InChI=1S/C23H30N4O4/c1-2-24-22(28)17-26-23(25-12-6-13-29-19-8-4-3-5-9-19)27-18-10-11-20-21(16-18)31-15-7-14-30-20/h3-5,8-11,16H,2,6-7,12-15,17H2,1H3,(H,24,28)(H2,25,26,27). The lowest BCUT2D eigenvalue weighted by molar-refractivity contribution is -0.119. The molecule has 1 aliphatic rings. The molecule has 0 radical (unpaired) electrons. The van der Waals surface area contributed by atoms with Gasteiger partial charge < -0.3 is 30.2 Å². The van der Waals surface area contributed by atoms with Gasteiger partial charge in [-0.1, -0.05) is 18.2 Å². The Morgan fingerprint density at radius 2 is 1.87 bits per heavy atom. The Morgan fingerprint density at radius 1 is 1.06 bits per heavy atom. The lowest BCUT2D eigenvalue weighted by atomic mass is 10.2. The molecule has 2 aromatic carbocycles. The summed E-state index contributed by atoms with van der Waals surface area (Å²) in [6, 6.07) is 15.3. The summed E-state index contributed by atoms with van der Waals surface area (Å²) < 4.78 is 17.1. The Kier molecular flexibility index (Phi) is 8.85. The van der Waals surface area contributed by atoms with E-state index in [-0.39, 0.29) is 12.5 Å². The van der Waals surface area contributed by atoms with E-state index in [1.165, 1.54) is 0 Å². The average Bonchev–Trinajstić information content (AvgIpc) is 3.03. The normalized spacial score (nSPS) is 13.1. The fourth-order valence-electron chi connectivity index (χ4n) is 2.91. The topological polar surface area (TPSA) is 93.2 Å². The number of guanidine groups is 1. The van der Waals surface area contributed by atoms with E-state index in [0.717, 1.165) is 30.0 Å². The number of likely N-dealkylation sites (N-methyl/N-ethyl adjacent to an activating group) is 1. The number of hydrogen-bond donors (Lipinski definition) is 3. The number of benzene rings is 2. The van der Waals surface area contributed by atoms with Crippen molar-refractivity contribution in [2.75, 3.05) is 44.8 Å². The Bertz CT molecular complexity index is 858. The number of ether oxygens (including phenoxy) is 3. The number of anilines is 1. The molecule has 0 unspecified atom stereocenters. The number of para-hydroxylation sites is 1. The fourth-order valence-corrected chi connectivity index (χ4v) is 2.91. The summed E-state index contributed by atoms with van der Waals surface area (Å²) in [4.78, 5) is 16.2. The summed E-state index contributed by atoms with van der Waals surface area (Å²) in [5.74, 6) is 2.66. The van der Waals surface area contributed by atoms with Crippen LogP contribution in [-0.4, -0.2) is 51.3 Å². The highest BCUT2D eigenvalue weighted by Gasteiger charge is 2.11. The fraction of sp³-hybridized carbons (Fsp3) is 0.391. The maximum atomic E-state index is 11.8. The summed E-state index contributed by atoms with van der Waals surface area (Å²) in [6.07, 6.45) is 1.63. The second-order valence-corrected chi connectivity index (χ2v) is 6.90. The molecule has 0 aromatic heterocycles. The Balaban J connectivity index is 1.56. The largest absolute Gasteiger partial charge is 0.494 e. The zero-order valence-corrected chi connectivity index (χ0v) is 17.9. The smallest absolute Gasteiger partial charge is 0.241 e. The van der Waals surface area contributed by atoms with E-state index < -0.39 is 0 Å². The number of carbonyl (C=O) groups is 1. The minimum Gasteiger partial charge on any atom is -0.494 e. The molecule has 1 amide bonds. The van der Waals surface area contributed by atoms with Gasteiger partial charge in [0.2, 0.25) is 5.91 Å². The molecule has 166 valence electrons.